The van der Waals surface area contributed by atoms with Crippen LogP contribution in [0.3, 0.4) is 0 Å². The Bertz CT molecular complexity index is 1020. The van der Waals surface area contributed by atoms with Crippen LogP contribution in [-0.4, -0.2) is 37.6 Å². The fourth-order valence-electron chi connectivity index (χ4n) is 3.66. The molecule has 0 radical (unpaired) electrons. The zero-order chi connectivity index (χ0) is 20.9. The van der Waals surface area contributed by atoms with Crippen LogP contribution in [0.25, 0.3) is 0 Å². The molecule has 0 saturated carbocycles. The highest BCUT2D eigenvalue weighted by Crippen LogP contribution is 2.30. The van der Waals surface area contributed by atoms with E-state index in [1.54, 1.807) is 12.4 Å². The van der Waals surface area contributed by atoms with Crippen molar-refractivity contribution < 1.29 is 9.90 Å². The minimum absolute atomic E-state index is 0.0224. The van der Waals surface area contributed by atoms with Crippen LogP contribution in [0.4, 0.5) is 5.82 Å². The van der Waals surface area contributed by atoms with Gasteiger partial charge in [-0.1, -0.05) is 6.07 Å². The summed E-state index contributed by atoms with van der Waals surface area (Å²) < 4.78 is 0. The summed E-state index contributed by atoms with van der Waals surface area (Å²) in [6.45, 7) is 2.81. The van der Waals surface area contributed by atoms with E-state index in [1.807, 2.05) is 12.3 Å². The van der Waals surface area contributed by atoms with E-state index in [1.165, 1.54) is 16.9 Å². The molecule has 1 aliphatic rings. The monoisotopic (exact) mass is 423 g/mol. The van der Waals surface area contributed by atoms with E-state index >= 15 is 0 Å². The second kappa shape index (κ2) is 9.30. The highest BCUT2D eigenvalue weighted by atomic mass is 32.1. The van der Waals surface area contributed by atoms with Gasteiger partial charge < -0.3 is 10.4 Å². The third kappa shape index (κ3) is 4.99. The molecule has 4 rings (SSSR count). The number of carbonyl (C=O) groups is 1. The average molecular weight is 424 g/mol. The highest BCUT2D eigenvalue weighted by molar-refractivity contribution is 7.09. The van der Waals surface area contributed by atoms with Crippen LogP contribution in [-0.2, 0) is 24.1 Å². The van der Waals surface area contributed by atoms with Crippen LogP contribution in [0.2, 0.25) is 0 Å². The maximum absolute atomic E-state index is 11.4. The number of thiazole rings is 1. The normalized spacial score (nSPS) is 14.0. The first-order valence-corrected chi connectivity index (χ1v) is 11.1. The van der Waals surface area contributed by atoms with Crippen LogP contribution >= 0.6 is 11.3 Å². The molecule has 3 aromatic heterocycles. The number of hydrogen-bond acceptors (Lipinski definition) is 7. The van der Waals surface area contributed by atoms with Gasteiger partial charge in [0.1, 0.15) is 16.6 Å². The third-order valence-electron chi connectivity index (χ3n) is 5.27. The second-order valence-corrected chi connectivity index (χ2v) is 8.48. The Morgan fingerprint density at radius 1 is 1.20 bits per heavy atom. The van der Waals surface area contributed by atoms with E-state index in [0.717, 1.165) is 66.4 Å². The fourth-order valence-corrected chi connectivity index (χ4v) is 4.64. The molecule has 30 heavy (non-hydrogen) atoms. The summed E-state index contributed by atoms with van der Waals surface area (Å²) in [5.74, 6) is 0.518. The first kappa shape index (κ1) is 20.4. The number of carboxylic acids is 1. The number of nitrogens with zero attached hydrogens (tertiary/aromatic N) is 4. The van der Waals surface area contributed by atoms with E-state index in [-0.39, 0.29) is 12.3 Å². The number of aromatic nitrogens is 4. The second-order valence-electron chi connectivity index (χ2n) is 7.59. The number of pyridine rings is 1. The molecule has 1 atom stereocenters. The minimum Gasteiger partial charge on any atom is -0.481 e. The van der Waals surface area contributed by atoms with Gasteiger partial charge in [0, 0.05) is 35.9 Å². The minimum atomic E-state index is -0.857. The molecule has 0 unspecified atom stereocenters. The summed E-state index contributed by atoms with van der Waals surface area (Å²) in [6, 6.07) is 4.31. The lowest BCUT2D eigenvalue weighted by Crippen LogP contribution is -2.14. The summed E-state index contributed by atoms with van der Waals surface area (Å²) in [4.78, 5) is 29.3. The number of rotatable bonds is 8. The van der Waals surface area contributed by atoms with Gasteiger partial charge in [0.2, 0.25) is 0 Å². The molecule has 1 aliphatic heterocycles. The lowest BCUT2D eigenvalue weighted by Gasteiger charge is -2.17. The number of nitrogens with one attached hydrogen (secondary N) is 1. The largest absolute Gasteiger partial charge is 0.481 e. The summed E-state index contributed by atoms with van der Waals surface area (Å²) in [5.41, 5.74) is 4.18. The van der Waals surface area contributed by atoms with Gasteiger partial charge in [0.05, 0.1) is 12.1 Å². The summed E-state index contributed by atoms with van der Waals surface area (Å²) in [7, 11) is 0. The van der Waals surface area contributed by atoms with Crippen LogP contribution in [0.15, 0.2) is 29.9 Å². The predicted octanol–water partition coefficient (Wildman–Crippen LogP) is 3.78. The lowest BCUT2D eigenvalue weighted by molar-refractivity contribution is -0.137. The number of hydrogen-bond donors (Lipinski definition) is 2. The maximum Gasteiger partial charge on any atom is 0.304 e. The summed E-state index contributed by atoms with van der Waals surface area (Å²) >= 11 is 1.51. The number of aliphatic carboxylic acids is 1. The Balaban J connectivity index is 1.40. The summed E-state index contributed by atoms with van der Waals surface area (Å²) in [5, 5.41) is 15.6. The molecule has 0 spiro atoms. The molecule has 0 amide bonds. The SMILES string of the molecule is Cc1ncc([C@H](CC(=O)O)c2nc(CCCc3ccc4c(n3)NCCC4)cs2)cn1. The Labute approximate surface area is 179 Å². The van der Waals surface area contributed by atoms with Gasteiger partial charge >= 0.3 is 5.97 Å². The highest BCUT2D eigenvalue weighted by Gasteiger charge is 2.22. The molecule has 0 aromatic carbocycles. The van der Waals surface area contributed by atoms with Crippen molar-refractivity contribution in [1.82, 2.24) is 19.9 Å². The standard InChI is InChI=1S/C22H25N5O2S/c1-14-24-11-16(12-25-14)19(10-20(28)29)22-27-18(13-30-22)6-2-5-17-8-7-15-4-3-9-23-21(15)26-17/h7-8,11-13,19H,2-6,9-10H2,1H3,(H,23,26)(H,28,29)/t19-/m0/s1. The molecule has 0 fully saturated rings. The predicted molar refractivity (Wildman–Crippen MR) is 116 cm³/mol. The topological polar surface area (TPSA) is 101 Å². The van der Waals surface area contributed by atoms with E-state index in [0.29, 0.717) is 5.82 Å². The van der Waals surface area contributed by atoms with Gasteiger partial charge in [-0.2, -0.15) is 0 Å². The number of carboxylic acid groups (broad SMARTS) is 1. The van der Waals surface area contributed by atoms with Crippen molar-refractivity contribution in [2.75, 3.05) is 11.9 Å². The van der Waals surface area contributed by atoms with Crippen molar-refractivity contribution in [3.05, 3.63) is 63.3 Å². The molecule has 0 aliphatic carbocycles. The van der Waals surface area contributed by atoms with Crippen molar-refractivity contribution in [3.8, 4) is 0 Å². The quantitative estimate of drug-likeness (QED) is 0.569. The van der Waals surface area contributed by atoms with Crippen molar-refractivity contribution in [2.24, 2.45) is 0 Å². The zero-order valence-electron chi connectivity index (χ0n) is 17.0. The van der Waals surface area contributed by atoms with Crippen molar-refractivity contribution in [1.29, 1.82) is 0 Å². The Morgan fingerprint density at radius 3 is 2.80 bits per heavy atom. The molecule has 0 saturated heterocycles. The smallest absolute Gasteiger partial charge is 0.304 e. The lowest BCUT2D eigenvalue weighted by atomic mass is 9.99. The van der Waals surface area contributed by atoms with E-state index in [9.17, 15) is 9.90 Å². The van der Waals surface area contributed by atoms with E-state index in [2.05, 4.69) is 27.4 Å². The van der Waals surface area contributed by atoms with Crippen molar-refractivity contribution in [3.63, 3.8) is 0 Å². The third-order valence-corrected chi connectivity index (χ3v) is 6.27. The van der Waals surface area contributed by atoms with Crippen LogP contribution < -0.4 is 5.32 Å². The molecular weight excluding hydrogens is 398 g/mol. The number of anilines is 1. The molecular formula is C22H25N5O2S. The van der Waals surface area contributed by atoms with Gasteiger partial charge in [-0.3, -0.25) is 4.79 Å². The molecule has 3 aromatic rings. The molecule has 156 valence electrons. The molecule has 4 heterocycles. The van der Waals surface area contributed by atoms with Gasteiger partial charge in [0.15, 0.2) is 0 Å². The number of aryl methyl sites for hydroxylation is 4. The van der Waals surface area contributed by atoms with Crippen molar-refractivity contribution >= 4 is 23.1 Å². The zero-order valence-corrected chi connectivity index (χ0v) is 17.8. The van der Waals surface area contributed by atoms with Gasteiger partial charge in [0.25, 0.3) is 0 Å². The van der Waals surface area contributed by atoms with E-state index in [4.69, 9.17) is 9.97 Å². The Hall–Kier alpha value is -2.87. The van der Waals surface area contributed by atoms with Gasteiger partial charge in [-0.05, 0) is 56.2 Å². The van der Waals surface area contributed by atoms with Gasteiger partial charge in [-0.25, -0.2) is 19.9 Å². The molecule has 2 N–H and O–H groups in total. The summed E-state index contributed by atoms with van der Waals surface area (Å²) in [6.07, 6.45) is 8.33. The molecule has 7 nitrogen and oxygen atoms in total. The van der Waals surface area contributed by atoms with Crippen LogP contribution in [0.5, 0.6) is 0 Å². The van der Waals surface area contributed by atoms with Crippen LogP contribution in [0.1, 0.15) is 58.5 Å². The first-order chi connectivity index (χ1) is 14.6. The molecule has 8 heteroatoms. The van der Waals surface area contributed by atoms with Crippen LogP contribution in [0, 0.1) is 6.92 Å². The Morgan fingerprint density at radius 2 is 2.00 bits per heavy atom. The first-order valence-electron chi connectivity index (χ1n) is 10.3. The average Bonchev–Trinajstić information content (AvgIpc) is 3.21. The molecule has 0 bridgehead atoms. The number of fused-ring (bicyclic) bond motifs is 1. The Kier molecular flexibility index (Phi) is 6.32. The van der Waals surface area contributed by atoms with Gasteiger partial charge in [-0.15, -0.1) is 11.3 Å². The van der Waals surface area contributed by atoms with E-state index < -0.39 is 5.97 Å². The fraction of sp³-hybridized carbons (Fsp3) is 0.409. The van der Waals surface area contributed by atoms with Crippen molar-refractivity contribution in [2.45, 2.75) is 51.4 Å². The maximum atomic E-state index is 11.4.